The van der Waals surface area contributed by atoms with Gasteiger partial charge in [-0.1, -0.05) is 0 Å². The molecule has 0 aromatic heterocycles. The molecule has 0 radical (unpaired) electrons. The third-order valence-electron chi connectivity index (χ3n) is 2.38. The first kappa shape index (κ1) is 17.0. The van der Waals surface area contributed by atoms with Crippen LogP contribution in [0.5, 0.6) is 0 Å². The van der Waals surface area contributed by atoms with Crippen LogP contribution in [0, 0.1) is 5.41 Å². The number of carbonyl (C=O) groups excluding carboxylic acids is 1. The summed E-state index contributed by atoms with van der Waals surface area (Å²) < 4.78 is 15.9. The molecular formula is C13H26O4Si. The summed E-state index contributed by atoms with van der Waals surface area (Å²) in [5.74, 6) is 0.302. The Kier molecular flexibility index (Phi) is 5.93. The van der Waals surface area contributed by atoms with Gasteiger partial charge in [-0.25, -0.2) is 0 Å². The molecule has 0 aliphatic carbocycles. The van der Waals surface area contributed by atoms with E-state index in [9.17, 15) is 4.79 Å². The molecule has 0 aliphatic rings. The Hall–Kier alpha value is -0.973. The first-order valence-corrected chi connectivity index (χ1v) is 9.45. The zero-order valence-corrected chi connectivity index (χ0v) is 13.8. The fourth-order valence-corrected chi connectivity index (χ4v) is 2.48. The van der Waals surface area contributed by atoms with Crippen molar-refractivity contribution in [3.05, 3.63) is 11.5 Å². The van der Waals surface area contributed by atoms with Gasteiger partial charge in [0.2, 0.25) is 8.32 Å². The molecule has 0 saturated carbocycles. The number of hydrogen-bond acceptors (Lipinski definition) is 4. The summed E-state index contributed by atoms with van der Waals surface area (Å²) in [6.07, 6.45) is 0.549. The van der Waals surface area contributed by atoms with E-state index in [0.29, 0.717) is 12.4 Å². The average molecular weight is 274 g/mol. The Bertz CT molecular complexity index is 326. The van der Waals surface area contributed by atoms with E-state index in [1.165, 1.54) is 7.11 Å². The standard InChI is InChI=1S/C13H26O4Si/c1-10(9-13(2,3)12(14)16-5)11(15-4)17-18(6,7)8/h9H2,1-8H3/b11-10-. The second-order valence-corrected chi connectivity index (χ2v) is 10.5. The second-order valence-electron chi connectivity index (χ2n) is 6.04. The van der Waals surface area contributed by atoms with Crippen LogP contribution in [-0.4, -0.2) is 28.5 Å². The molecule has 0 rings (SSSR count). The minimum absolute atomic E-state index is 0.231. The molecule has 0 saturated heterocycles. The highest BCUT2D eigenvalue weighted by Crippen LogP contribution is 2.29. The molecule has 18 heavy (non-hydrogen) atoms. The van der Waals surface area contributed by atoms with Gasteiger partial charge in [0.15, 0.2) is 0 Å². The smallest absolute Gasteiger partial charge is 0.311 e. The molecule has 0 fully saturated rings. The van der Waals surface area contributed by atoms with Gasteiger partial charge >= 0.3 is 5.97 Å². The fourth-order valence-electron chi connectivity index (χ4n) is 1.66. The zero-order chi connectivity index (χ0) is 14.6. The van der Waals surface area contributed by atoms with Gasteiger partial charge in [-0.3, -0.25) is 4.79 Å². The van der Waals surface area contributed by atoms with E-state index in [2.05, 4.69) is 19.6 Å². The largest absolute Gasteiger partial charge is 0.520 e. The van der Waals surface area contributed by atoms with Gasteiger partial charge in [-0.15, -0.1) is 0 Å². The molecule has 0 aromatic carbocycles. The van der Waals surface area contributed by atoms with E-state index in [1.807, 2.05) is 20.8 Å². The number of carbonyl (C=O) groups is 1. The Morgan fingerprint density at radius 2 is 1.61 bits per heavy atom. The number of methoxy groups -OCH3 is 2. The molecule has 4 nitrogen and oxygen atoms in total. The van der Waals surface area contributed by atoms with Gasteiger partial charge in [-0.05, 0) is 46.8 Å². The lowest BCUT2D eigenvalue weighted by molar-refractivity contribution is -0.150. The molecule has 0 spiro atoms. The molecule has 0 aliphatic heterocycles. The summed E-state index contributed by atoms with van der Waals surface area (Å²) in [7, 11) is 1.28. The molecular weight excluding hydrogens is 248 g/mol. The minimum atomic E-state index is -1.71. The van der Waals surface area contributed by atoms with Crippen molar-refractivity contribution in [2.75, 3.05) is 14.2 Å². The number of esters is 1. The SMILES string of the molecule is COC(=O)C(C)(C)C/C(C)=C(/OC)O[Si](C)(C)C. The van der Waals surface area contributed by atoms with Crippen LogP contribution in [0.2, 0.25) is 19.6 Å². The van der Waals surface area contributed by atoms with Crippen molar-refractivity contribution < 1.29 is 18.7 Å². The average Bonchev–Trinajstić information content (AvgIpc) is 2.22. The Morgan fingerprint density at radius 3 is 1.94 bits per heavy atom. The third-order valence-corrected chi connectivity index (χ3v) is 3.18. The van der Waals surface area contributed by atoms with Gasteiger partial charge in [0, 0.05) is 5.57 Å². The van der Waals surface area contributed by atoms with E-state index in [0.717, 1.165) is 5.57 Å². The summed E-state index contributed by atoms with van der Waals surface area (Å²) in [6, 6.07) is 0. The van der Waals surface area contributed by atoms with Crippen molar-refractivity contribution in [3.63, 3.8) is 0 Å². The lowest BCUT2D eigenvalue weighted by atomic mass is 9.86. The maximum Gasteiger partial charge on any atom is 0.311 e. The predicted molar refractivity (Wildman–Crippen MR) is 74.6 cm³/mol. The fraction of sp³-hybridized carbons (Fsp3) is 0.769. The highest BCUT2D eigenvalue weighted by atomic mass is 28.4. The molecule has 0 heterocycles. The molecule has 0 aromatic rings. The number of hydrogen-bond donors (Lipinski definition) is 0. The van der Waals surface area contributed by atoms with Crippen LogP contribution in [0.25, 0.3) is 0 Å². The summed E-state index contributed by atoms with van der Waals surface area (Å²) in [6.45, 7) is 11.9. The highest BCUT2D eigenvalue weighted by Gasteiger charge is 2.31. The Balaban J connectivity index is 4.98. The summed E-state index contributed by atoms with van der Waals surface area (Å²) >= 11 is 0. The van der Waals surface area contributed by atoms with Gasteiger partial charge in [0.1, 0.15) is 0 Å². The normalized spacial score (nSPS) is 13.8. The molecule has 0 amide bonds. The predicted octanol–water partition coefficient (Wildman–Crippen LogP) is 3.31. The lowest BCUT2D eigenvalue weighted by Crippen LogP contribution is -2.28. The highest BCUT2D eigenvalue weighted by molar-refractivity contribution is 6.70. The number of allylic oxidation sites excluding steroid dienone is 1. The Labute approximate surface area is 111 Å². The van der Waals surface area contributed by atoms with Crippen LogP contribution in [0.15, 0.2) is 11.5 Å². The molecule has 0 N–H and O–H groups in total. The third kappa shape index (κ3) is 5.58. The molecule has 0 bridgehead atoms. The van der Waals surface area contributed by atoms with Crippen molar-refractivity contribution in [1.82, 2.24) is 0 Å². The molecule has 0 atom stereocenters. The van der Waals surface area contributed by atoms with Crippen LogP contribution < -0.4 is 0 Å². The van der Waals surface area contributed by atoms with E-state index >= 15 is 0 Å². The number of rotatable bonds is 6. The molecule has 0 unspecified atom stereocenters. The van der Waals surface area contributed by atoms with E-state index in [-0.39, 0.29) is 5.97 Å². The van der Waals surface area contributed by atoms with E-state index in [4.69, 9.17) is 13.9 Å². The van der Waals surface area contributed by atoms with Crippen molar-refractivity contribution in [2.45, 2.75) is 46.8 Å². The quantitative estimate of drug-likeness (QED) is 0.423. The maximum atomic E-state index is 11.6. The van der Waals surface area contributed by atoms with Crippen LogP contribution in [0.3, 0.4) is 0 Å². The summed E-state index contributed by atoms with van der Waals surface area (Å²) in [5.41, 5.74) is 0.348. The zero-order valence-electron chi connectivity index (χ0n) is 12.8. The van der Waals surface area contributed by atoms with Crippen LogP contribution in [-0.2, 0) is 18.7 Å². The first-order chi connectivity index (χ1) is 8.03. The van der Waals surface area contributed by atoms with Crippen LogP contribution in [0.1, 0.15) is 27.2 Å². The topological polar surface area (TPSA) is 44.8 Å². The van der Waals surface area contributed by atoms with Crippen LogP contribution >= 0.6 is 0 Å². The summed E-state index contributed by atoms with van der Waals surface area (Å²) in [4.78, 5) is 11.6. The summed E-state index contributed by atoms with van der Waals surface area (Å²) in [5, 5.41) is 0. The van der Waals surface area contributed by atoms with Crippen molar-refractivity contribution in [1.29, 1.82) is 0 Å². The Morgan fingerprint density at radius 1 is 1.11 bits per heavy atom. The van der Waals surface area contributed by atoms with Gasteiger partial charge < -0.3 is 13.9 Å². The van der Waals surface area contributed by atoms with Crippen molar-refractivity contribution in [2.24, 2.45) is 5.41 Å². The second kappa shape index (κ2) is 6.27. The first-order valence-electron chi connectivity index (χ1n) is 6.04. The maximum absolute atomic E-state index is 11.6. The molecule has 106 valence electrons. The van der Waals surface area contributed by atoms with Gasteiger partial charge in [0.25, 0.3) is 5.95 Å². The van der Waals surface area contributed by atoms with Crippen molar-refractivity contribution in [3.8, 4) is 0 Å². The lowest BCUT2D eigenvalue weighted by Gasteiger charge is -2.26. The van der Waals surface area contributed by atoms with Gasteiger partial charge in [0.05, 0.1) is 19.6 Å². The van der Waals surface area contributed by atoms with E-state index in [1.54, 1.807) is 7.11 Å². The minimum Gasteiger partial charge on any atom is -0.520 e. The van der Waals surface area contributed by atoms with E-state index < -0.39 is 13.7 Å². The number of ether oxygens (including phenoxy) is 2. The van der Waals surface area contributed by atoms with Gasteiger partial charge in [-0.2, -0.15) is 0 Å². The molecule has 5 heteroatoms. The van der Waals surface area contributed by atoms with Crippen LogP contribution in [0.4, 0.5) is 0 Å². The monoisotopic (exact) mass is 274 g/mol. The van der Waals surface area contributed by atoms with Crippen molar-refractivity contribution >= 4 is 14.3 Å².